The van der Waals surface area contributed by atoms with E-state index in [0.29, 0.717) is 18.3 Å². The first kappa shape index (κ1) is 13.8. The summed E-state index contributed by atoms with van der Waals surface area (Å²) in [7, 11) is 0. The monoisotopic (exact) mass is 286 g/mol. The van der Waals surface area contributed by atoms with Crippen molar-refractivity contribution >= 4 is 5.91 Å². The van der Waals surface area contributed by atoms with Crippen LogP contribution in [0.2, 0.25) is 0 Å². The third-order valence-corrected chi connectivity index (χ3v) is 3.77. The van der Waals surface area contributed by atoms with Crippen LogP contribution in [-0.4, -0.2) is 33.6 Å². The van der Waals surface area contributed by atoms with Gasteiger partial charge in [-0.2, -0.15) is 0 Å². The molecular formula is C15H18N4O2. The molecule has 1 amide bonds. The number of benzene rings is 1. The maximum atomic E-state index is 11.5. The maximum Gasteiger partial charge on any atom is 0.247 e. The lowest BCUT2D eigenvalue weighted by Crippen LogP contribution is -2.47. The van der Waals surface area contributed by atoms with E-state index in [1.807, 2.05) is 35.2 Å². The normalized spacial score (nSPS) is 19.5. The molecule has 0 spiro atoms. The van der Waals surface area contributed by atoms with E-state index in [-0.39, 0.29) is 11.9 Å². The van der Waals surface area contributed by atoms with Crippen molar-refractivity contribution in [1.82, 2.24) is 15.1 Å². The summed E-state index contributed by atoms with van der Waals surface area (Å²) >= 11 is 0. The number of rotatable bonds is 4. The fraction of sp³-hybridized carbons (Fsp3) is 0.400. The number of likely N-dealkylation sites (tertiary alicyclic amines) is 1. The molecule has 1 atom stereocenters. The number of aromatic nitrogens is 2. The van der Waals surface area contributed by atoms with Gasteiger partial charge < -0.3 is 10.2 Å². The molecule has 3 rings (SSSR count). The number of primary amides is 1. The predicted octanol–water partition coefficient (Wildman–Crippen LogP) is 1.58. The third kappa shape index (κ3) is 3.11. The molecule has 0 unspecified atom stereocenters. The lowest BCUT2D eigenvalue weighted by molar-refractivity contribution is -0.124. The van der Waals surface area contributed by atoms with Crippen LogP contribution in [0.3, 0.4) is 0 Å². The van der Waals surface area contributed by atoms with E-state index in [2.05, 4.69) is 10.2 Å². The van der Waals surface area contributed by atoms with Gasteiger partial charge in [0.1, 0.15) is 0 Å². The van der Waals surface area contributed by atoms with Crippen LogP contribution in [-0.2, 0) is 11.3 Å². The van der Waals surface area contributed by atoms with E-state index in [1.165, 1.54) is 0 Å². The summed E-state index contributed by atoms with van der Waals surface area (Å²) < 4.78 is 5.68. The molecule has 6 nitrogen and oxygen atoms in total. The van der Waals surface area contributed by atoms with E-state index in [0.717, 1.165) is 31.4 Å². The minimum absolute atomic E-state index is 0.231. The standard InChI is InChI=1S/C15H18N4O2/c16-14(20)12-8-4-5-9-19(12)10-13-17-18-15(21-13)11-6-2-1-3-7-11/h1-3,6-7,12H,4-5,8-10H2,(H2,16,20)/t12-/m1/s1. The van der Waals surface area contributed by atoms with Crippen LogP contribution >= 0.6 is 0 Å². The van der Waals surface area contributed by atoms with Gasteiger partial charge in [0, 0.05) is 5.56 Å². The minimum Gasteiger partial charge on any atom is -0.419 e. The summed E-state index contributed by atoms with van der Waals surface area (Å²) in [6, 6.07) is 9.39. The molecule has 1 fully saturated rings. The van der Waals surface area contributed by atoms with Crippen LogP contribution in [0, 0.1) is 0 Å². The van der Waals surface area contributed by atoms with Crippen molar-refractivity contribution in [3.05, 3.63) is 36.2 Å². The second kappa shape index (κ2) is 6.05. The highest BCUT2D eigenvalue weighted by molar-refractivity contribution is 5.79. The summed E-state index contributed by atoms with van der Waals surface area (Å²) in [6.45, 7) is 1.30. The Hall–Kier alpha value is -2.21. The van der Waals surface area contributed by atoms with Crippen molar-refractivity contribution in [2.75, 3.05) is 6.54 Å². The van der Waals surface area contributed by atoms with Crippen molar-refractivity contribution in [3.8, 4) is 11.5 Å². The maximum absolute atomic E-state index is 11.5. The minimum atomic E-state index is -0.280. The third-order valence-electron chi connectivity index (χ3n) is 3.77. The zero-order valence-corrected chi connectivity index (χ0v) is 11.7. The van der Waals surface area contributed by atoms with Gasteiger partial charge in [0.2, 0.25) is 17.7 Å². The van der Waals surface area contributed by atoms with E-state index in [4.69, 9.17) is 10.2 Å². The topological polar surface area (TPSA) is 85.3 Å². The molecule has 2 N–H and O–H groups in total. The fourth-order valence-electron chi connectivity index (χ4n) is 2.69. The SMILES string of the molecule is NC(=O)[C@H]1CCCCN1Cc1nnc(-c2ccccc2)o1. The van der Waals surface area contributed by atoms with E-state index in [9.17, 15) is 4.79 Å². The van der Waals surface area contributed by atoms with Crippen LogP contribution in [0.15, 0.2) is 34.7 Å². The quantitative estimate of drug-likeness (QED) is 0.922. The van der Waals surface area contributed by atoms with Gasteiger partial charge in [-0.3, -0.25) is 9.69 Å². The highest BCUT2D eigenvalue weighted by atomic mass is 16.4. The molecule has 2 heterocycles. The van der Waals surface area contributed by atoms with Gasteiger partial charge in [0.05, 0.1) is 12.6 Å². The molecule has 1 aromatic heterocycles. The van der Waals surface area contributed by atoms with Gasteiger partial charge in [-0.25, -0.2) is 0 Å². The Kier molecular flexibility index (Phi) is 3.96. The number of amides is 1. The molecule has 1 aliphatic heterocycles. The van der Waals surface area contributed by atoms with Crippen LogP contribution in [0.4, 0.5) is 0 Å². The first-order valence-corrected chi connectivity index (χ1v) is 7.15. The molecule has 110 valence electrons. The van der Waals surface area contributed by atoms with Crippen molar-refractivity contribution in [2.24, 2.45) is 5.73 Å². The Bertz CT molecular complexity index is 611. The zero-order chi connectivity index (χ0) is 14.7. The summed E-state index contributed by atoms with van der Waals surface area (Å²) in [5.41, 5.74) is 6.35. The number of piperidine rings is 1. The van der Waals surface area contributed by atoms with Crippen molar-refractivity contribution < 1.29 is 9.21 Å². The molecule has 6 heteroatoms. The number of nitrogens with two attached hydrogens (primary N) is 1. The van der Waals surface area contributed by atoms with Crippen molar-refractivity contribution in [3.63, 3.8) is 0 Å². The molecule has 0 radical (unpaired) electrons. The van der Waals surface area contributed by atoms with Gasteiger partial charge in [0.15, 0.2) is 0 Å². The Morgan fingerprint density at radius 2 is 2.10 bits per heavy atom. The van der Waals surface area contributed by atoms with Gasteiger partial charge in [-0.1, -0.05) is 24.6 Å². The van der Waals surface area contributed by atoms with Crippen molar-refractivity contribution in [2.45, 2.75) is 31.8 Å². The lowest BCUT2D eigenvalue weighted by atomic mass is 10.0. The molecular weight excluding hydrogens is 268 g/mol. The average molecular weight is 286 g/mol. The summed E-state index contributed by atoms with van der Waals surface area (Å²) in [4.78, 5) is 13.5. The molecule has 2 aromatic rings. The number of carbonyl (C=O) groups excluding carboxylic acids is 1. The first-order valence-electron chi connectivity index (χ1n) is 7.15. The molecule has 0 bridgehead atoms. The number of nitrogens with zero attached hydrogens (tertiary/aromatic N) is 3. The molecule has 1 aliphatic rings. The van der Waals surface area contributed by atoms with E-state index >= 15 is 0 Å². The predicted molar refractivity (Wildman–Crippen MR) is 77.0 cm³/mol. The Labute approximate surface area is 123 Å². The molecule has 21 heavy (non-hydrogen) atoms. The van der Waals surface area contributed by atoms with Gasteiger partial charge in [-0.05, 0) is 31.5 Å². The molecule has 1 saturated heterocycles. The second-order valence-electron chi connectivity index (χ2n) is 5.25. The smallest absolute Gasteiger partial charge is 0.247 e. The molecule has 0 saturated carbocycles. The largest absolute Gasteiger partial charge is 0.419 e. The van der Waals surface area contributed by atoms with Gasteiger partial charge in [0.25, 0.3) is 0 Å². The second-order valence-corrected chi connectivity index (χ2v) is 5.25. The Morgan fingerprint density at radius 3 is 2.86 bits per heavy atom. The van der Waals surface area contributed by atoms with Crippen LogP contribution in [0.1, 0.15) is 25.2 Å². The molecule has 0 aliphatic carbocycles. The van der Waals surface area contributed by atoms with Crippen molar-refractivity contribution in [1.29, 1.82) is 0 Å². The number of hydrogen-bond donors (Lipinski definition) is 1. The van der Waals surface area contributed by atoms with Gasteiger partial charge in [-0.15, -0.1) is 10.2 Å². The molecule has 1 aromatic carbocycles. The zero-order valence-electron chi connectivity index (χ0n) is 11.7. The average Bonchev–Trinajstić information content (AvgIpc) is 2.97. The Morgan fingerprint density at radius 1 is 1.29 bits per heavy atom. The van der Waals surface area contributed by atoms with E-state index in [1.54, 1.807) is 0 Å². The summed E-state index contributed by atoms with van der Waals surface area (Å²) in [5.74, 6) is 0.734. The first-order chi connectivity index (χ1) is 10.2. The highest BCUT2D eigenvalue weighted by Gasteiger charge is 2.28. The van der Waals surface area contributed by atoms with Crippen LogP contribution in [0.5, 0.6) is 0 Å². The van der Waals surface area contributed by atoms with Crippen LogP contribution < -0.4 is 5.73 Å². The highest BCUT2D eigenvalue weighted by Crippen LogP contribution is 2.21. The van der Waals surface area contributed by atoms with Crippen LogP contribution in [0.25, 0.3) is 11.5 Å². The number of carbonyl (C=O) groups is 1. The number of hydrogen-bond acceptors (Lipinski definition) is 5. The lowest BCUT2D eigenvalue weighted by Gasteiger charge is -2.32. The van der Waals surface area contributed by atoms with Gasteiger partial charge >= 0.3 is 0 Å². The summed E-state index contributed by atoms with van der Waals surface area (Å²) in [6.07, 6.45) is 2.89. The fourth-order valence-corrected chi connectivity index (χ4v) is 2.69. The Balaban J connectivity index is 1.73. The van der Waals surface area contributed by atoms with E-state index < -0.39 is 0 Å². The summed E-state index contributed by atoms with van der Waals surface area (Å²) in [5, 5.41) is 8.13.